The van der Waals surface area contributed by atoms with Crippen molar-refractivity contribution in [1.29, 1.82) is 0 Å². The zero-order valence-corrected chi connectivity index (χ0v) is 14.1. The van der Waals surface area contributed by atoms with Crippen molar-refractivity contribution in [2.24, 2.45) is 17.1 Å². The Bertz CT molecular complexity index is 470. The molecule has 0 heterocycles. The first-order chi connectivity index (χ1) is 10.0. The van der Waals surface area contributed by atoms with E-state index in [9.17, 15) is 5.11 Å². The van der Waals surface area contributed by atoms with Crippen molar-refractivity contribution in [2.75, 3.05) is 6.54 Å². The first kappa shape index (κ1) is 17.1. The lowest BCUT2D eigenvalue weighted by atomic mass is 9.65. The quantitative estimate of drug-likeness (QED) is 0.801. The minimum Gasteiger partial charge on any atom is -0.388 e. The smallest absolute Gasteiger partial charge is 0.0873 e. The maximum Gasteiger partial charge on any atom is 0.0873 e. The molecule has 1 unspecified atom stereocenters. The molecule has 0 saturated heterocycles. The highest BCUT2D eigenvalue weighted by Gasteiger charge is 2.41. The molecular weight excluding hydrogens is 305 g/mol. The third kappa shape index (κ3) is 3.56. The van der Waals surface area contributed by atoms with E-state index in [0.29, 0.717) is 22.2 Å². The van der Waals surface area contributed by atoms with Crippen LogP contribution in [-0.2, 0) is 0 Å². The number of aliphatic hydroxyl groups excluding tert-OH is 1. The highest BCUT2D eigenvalue weighted by atomic mass is 35.5. The van der Waals surface area contributed by atoms with Gasteiger partial charge in [-0.25, -0.2) is 0 Å². The Labute approximate surface area is 137 Å². The van der Waals surface area contributed by atoms with Crippen molar-refractivity contribution in [3.63, 3.8) is 0 Å². The van der Waals surface area contributed by atoms with E-state index in [0.717, 1.165) is 31.6 Å². The van der Waals surface area contributed by atoms with Crippen LogP contribution in [0.4, 0.5) is 0 Å². The molecule has 0 bridgehead atoms. The minimum atomic E-state index is -0.642. The SMILES string of the molecule is CCCC1CCC(CN)(C(O)c2cccc(Cl)c2Cl)CC1. The molecule has 1 aliphatic rings. The maximum absolute atomic E-state index is 10.9. The fourth-order valence-electron chi connectivity index (χ4n) is 3.60. The summed E-state index contributed by atoms with van der Waals surface area (Å²) in [7, 11) is 0. The van der Waals surface area contributed by atoms with Crippen LogP contribution in [0.5, 0.6) is 0 Å². The molecule has 3 N–H and O–H groups in total. The monoisotopic (exact) mass is 329 g/mol. The van der Waals surface area contributed by atoms with Crippen molar-refractivity contribution in [2.45, 2.75) is 51.6 Å². The average Bonchev–Trinajstić information content (AvgIpc) is 2.51. The molecule has 21 heavy (non-hydrogen) atoms. The van der Waals surface area contributed by atoms with Crippen molar-refractivity contribution in [1.82, 2.24) is 0 Å². The van der Waals surface area contributed by atoms with Gasteiger partial charge in [-0.05, 0) is 37.7 Å². The summed E-state index contributed by atoms with van der Waals surface area (Å²) in [6, 6.07) is 5.43. The van der Waals surface area contributed by atoms with Crippen LogP contribution < -0.4 is 5.73 Å². The largest absolute Gasteiger partial charge is 0.388 e. The number of hydrogen-bond acceptors (Lipinski definition) is 2. The van der Waals surface area contributed by atoms with Gasteiger partial charge in [0.25, 0.3) is 0 Å². The third-order valence-corrected chi connectivity index (χ3v) is 5.89. The third-order valence-electron chi connectivity index (χ3n) is 5.06. The van der Waals surface area contributed by atoms with Crippen LogP contribution in [-0.4, -0.2) is 11.7 Å². The Kier molecular flexibility index (Phi) is 5.96. The zero-order valence-electron chi connectivity index (χ0n) is 12.6. The van der Waals surface area contributed by atoms with Crippen LogP contribution in [0.1, 0.15) is 57.1 Å². The summed E-state index contributed by atoms with van der Waals surface area (Å²) in [6.07, 6.45) is 6.05. The Morgan fingerprint density at radius 1 is 1.33 bits per heavy atom. The van der Waals surface area contributed by atoms with Gasteiger partial charge < -0.3 is 10.8 Å². The molecule has 118 valence electrons. The fraction of sp³-hybridized carbons (Fsp3) is 0.647. The average molecular weight is 330 g/mol. The van der Waals surface area contributed by atoms with Crippen LogP contribution in [0.3, 0.4) is 0 Å². The summed E-state index contributed by atoms with van der Waals surface area (Å²) in [4.78, 5) is 0. The maximum atomic E-state index is 10.9. The van der Waals surface area contributed by atoms with Crippen LogP contribution >= 0.6 is 23.2 Å². The number of rotatable bonds is 5. The van der Waals surface area contributed by atoms with Gasteiger partial charge >= 0.3 is 0 Å². The number of halogens is 2. The van der Waals surface area contributed by atoms with Gasteiger partial charge in [0.1, 0.15) is 0 Å². The van der Waals surface area contributed by atoms with Gasteiger partial charge in [-0.15, -0.1) is 0 Å². The van der Waals surface area contributed by atoms with Crippen molar-refractivity contribution < 1.29 is 5.11 Å². The summed E-state index contributed by atoms with van der Waals surface area (Å²) < 4.78 is 0. The molecule has 4 heteroatoms. The first-order valence-corrected chi connectivity index (χ1v) is 8.61. The topological polar surface area (TPSA) is 46.2 Å². The number of aliphatic hydroxyl groups is 1. The summed E-state index contributed by atoms with van der Waals surface area (Å²) in [5, 5.41) is 11.8. The summed E-state index contributed by atoms with van der Waals surface area (Å²) >= 11 is 12.3. The number of benzene rings is 1. The van der Waals surface area contributed by atoms with Crippen LogP contribution in [0.25, 0.3) is 0 Å². The second-order valence-corrected chi connectivity index (χ2v) is 7.13. The Morgan fingerprint density at radius 3 is 2.57 bits per heavy atom. The fourth-order valence-corrected chi connectivity index (χ4v) is 4.01. The van der Waals surface area contributed by atoms with Gasteiger partial charge in [-0.3, -0.25) is 0 Å². The molecule has 0 radical (unpaired) electrons. The van der Waals surface area contributed by atoms with Gasteiger partial charge in [0.05, 0.1) is 16.1 Å². The molecule has 1 aromatic rings. The lowest BCUT2D eigenvalue weighted by Gasteiger charge is -2.43. The van der Waals surface area contributed by atoms with Crippen molar-refractivity contribution in [3.8, 4) is 0 Å². The molecule has 1 atom stereocenters. The highest BCUT2D eigenvalue weighted by molar-refractivity contribution is 6.42. The number of nitrogens with two attached hydrogens (primary N) is 1. The normalized spacial score (nSPS) is 27.6. The predicted octanol–water partition coefficient (Wildman–Crippen LogP) is 4.96. The van der Waals surface area contributed by atoms with Crippen molar-refractivity contribution in [3.05, 3.63) is 33.8 Å². The molecule has 1 aliphatic carbocycles. The lowest BCUT2D eigenvalue weighted by Crippen LogP contribution is -2.40. The van der Waals surface area contributed by atoms with Crippen LogP contribution in [0, 0.1) is 11.3 Å². The van der Waals surface area contributed by atoms with Crippen LogP contribution in [0.15, 0.2) is 18.2 Å². The van der Waals surface area contributed by atoms with Gasteiger partial charge in [-0.2, -0.15) is 0 Å². The van der Waals surface area contributed by atoms with Crippen molar-refractivity contribution >= 4 is 23.2 Å². The molecule has 2 nitrogen and oxygen atoms in total. The zero-order chi connectivity index (χ0) is 15.5. The van der Waals surface area contributed by atoms with E-state index >= 15 is 0 Å². The van der Waals surface area contributed by atoms with E-state index in [4.69, 9.17) is 28.9 Å². The molecule has 1 saturated carbocycles. The van der Waals surface area contributed by atoms with E-state index in [2.05, 4.69) is 6.92 Å². The van der Waals surface area contributed by atoms with Gasteiger partial charge in [0.15, 0.2) is 0 Å². The second-order valence-electron chi connectivity index (χ2n) is 6.34. The summed E-state index contributed by atoms with van der Waals surface area (Å²) in [5.41, 5.74) is 6.49. The second kappa shape index (κ2) is 7.32. The van der Waals surface area contributed by atoms with E-state index in [1.54, 1.807) is 6.07 Å². The van der Waals surface area contributed by atoms with Gasteiger partial charge in [0.2, 0.25) is 0 Å². The molecule has 2 rings (SSSR count). The van der Waals surface area contributed by atoms with Gasteiger partial charge in [0, 0.05) is 17.5 Å². The van der Waals surface area contributed by atoms with Gasteiger partial charge in [-0.1, -0.05) is 55.1 Å². The van der Waals surface area contributed by atoms with E-state index in [1.165, 1.54) is 12.8 Å². The minimum absolute atomic E-state index is 0.265. The summed E-state index contributed by atoms with van der Waals surface area (Å²) in [5.74, 6) is 0.775. The van der Waals surface area contributed by atoms with E-state index in [-0.39, 0.29) is 5.41 Å². The highest BCUT2D eigenvalue weighted by Crippen LogP contribution is 2.49. The lowest BCUT2D eigenvalue weighted by molar-refractivity contribution is -0.0107. The number of hydrogen-bond donors (Lipinski definition) is 2. The molecular formula is C17H25Cl2NO. The molecule has 0 amide bonds. The van der Waals surface area contributed by atoms with E-state index in [1.807, 2.05) is 12.1 Å². The predicted molar refractivity (Wildman–Crippen MR) is 89.8 cm³/mol. The van der Waals surface area contributed by atoms with E-state index < -0.39 is 6.10 Å². The molecule has 0 aromatic heterocycles. The Morgan fingerprint density at radius 2 is 2.00 bits per heavy atom. The Hall–Kier alpha value is -0.280. The first-order valence-electron chi connectivity index (χ1n) is 7.86. The molecule has 1 aromatic carbocycles. The standard InChI is InChI=1S/C17H25Cl2NO/c1-2-4-12-7-9-17(11-20,10-8-12)16(21)13-5-3-6-14(18)15(13)19/h3,5-6,12,16,21H,2,4,7-11,20H2,1H3. The molecule has 0 aliphatic heterocycles. The Balaban J connectivity index is 2.19. The molecule has 1 fully saturated rings. The van der Waals surface area contributed by atoms with Crippen LogP contribution in [0.2, 0.25) is 10.0 Å². The summed E-state index contributed by atoms with van der Waals surface area (Å²) in [6.45, 7) is 2.71. The molecule has 0 spiro atoms.